The van der Waals surface area contributed by atoms with Crippen molar-refractivity contribution in [3.8, 4) is 33.2 Å². The molecule has 2 atom stereocenters. The topological polar surface area (TPSA) is 86.9 Å². The first-order chi connectivity index (χ1) is 31.9. The fourth-order valence-electron chi connectivity index (χ4n) is 8.64. The molecule has 4 nitrogen and oxygen atoms in total. The molecule has 2 aromatic heterocycles. The molecule has 0 aliphatic heterocycles. The molecule has 1 aliphatic carbocycles. The van der Waals surface area contributed by atoms with Crippen LogP contribution in [0.5, 0.6) is 0 Å². The quantitative estimate of drug-likeness (QED) is 0.113. The van der Waals surface area contributed by atoms with Gasteiger partial charge >= 0.3 is 283 Å². The number of benzene rings is 7. The van der Waals surface area contributed by atoms with E-state index in [2.05, 4.69) is 141 Å². The zero-order chi connectivity index (χ0) is 44.5. The number of para-hydroxylation sites is 1. The second-order valence-electron chi connectivity index (χ2n) is 16.6. The summed E-state index contributed by atoms with van der Waals surface area (Å²) in [5.41, 5.74) is 22.3. The van der Waals surface area contributed by atoms with E-state index in [4.69, 9.17) is 21.0 Å². The van der Waals surface area contributed by atoms with Gasteiger partial charge in [0.2, 0.25) is 0 Å². The van der Waals surface area contributed by atoms with E-state index in [1.54, 1.807) is 0 Å². The Morgan fingerprint density at radius 2 is 1.28 bits per heavy atom. The molecule has 0 amide bonds. The number of hydrogen-bond acceptors (Lipinski definition) is 4. The Hall–Kier alpha value is -7.73. The Bertz CT molecular complexity index is 3220. The number of hydrogen-bond donors (Lipinski definition) is 3. The van der Waals surface area contributed by atoms with Crippen LogP contribution in [0, 0.1) is 23.7 Å². The number of furan rings is 1. The molecule has 65 heavy (non-hydrogen) atoms. The summed E-state index contributed by atoms with van der Waals surface area (Å²) >= 11 is 0. The molecular weight excluding hydrogens is 789 g/mol. The molecule has 4 N–H and O–H groups in total. The first-order valence-electron chi connectivity index (χ1n) is 22.2. The van der Waals surface area contributed by atoms with Gasteiger partial charge in [0, 0.05) is 18.2 Å². The van der Waals surface area contributed by atoms with Crippen LogP contribution in [0.2, 0.25) is 0 Å². The SMILES string of the molecule is Cc1cccc(-c2cccc3c2oc2cc(-c4bc(-c5cccc(/C(=C\C(=N)c6ccccc6)C6C=CC=CC6)c5)ccc4)ccc23)c1.N=C(CC(N)c1ccccc1)c1ccccc1. The molecule has 10 rings (SSSR count). The van der Waals surface area contributed by atoms with Crippen molar-refractivity contribution in [2.24, 2.45) is 11.7 Å². The molecule has 0 spiro atoms. The Morgan fingerprint density at radius 1 is 0.631 bits per heavy atom. The van der Waals surface area contributed by atoms with Crippen LogP contribution < -0.4 is 5.73 Å². The van der Waals surface area contributed by atoms with Gasteiger partial charge < -0.3 is 11.1 Å². The van der Waals surface area contributed by atoms with E-state index in [-0.39, 0.29) is 12.0 Å². The maximum Gasteiger partial charge on any atom is 0.0405 e. The van der Waals surface area contributed by atoms with E-state index >= 15 is 0 Å². The number of nitrogens with two attached hydrogens (primary N) is 1. The number of fused-ring (bicyclic) bond motifs is 3. The first kappa shape index (κ1) is 42.6. The van der Waals surface area contributed by atoms with E-state index in [0.717, 1.165) is 83.8 Å². The molecular formula is C60H50BN3O. The van der Waals surface area contributed by atoms with Crippen LogP contribution in [0.4, 0.5) is 0 Å². The molecule has 2 heterocycles. The minimum atomic E-state index is -0.107. The number of rotatable bonds is 11. The number of aryl methyl sites for hydroxylation is 1. The average Bonchev–Trinajstić information content (AvgIpc) is 3.75. The van der Waals surface area contributed by atoms with Crippen LogP contribution in [-0.4, -0.2) is 18.3 Å². The van der Waals surface area contributed by atoms with Crippen molar-refractivity contribution < 1.29 is 4.42 Å². The molecule has 1 aliphatic rings. The molecule has 2 unspecified atom stereocenters. The largest absolute Gasteiger partial charge is 0.324 e. The van der Waals surface area contributed by atoms with Crippen LogP contribution in [0.25, 0.3) is 60.7 Å². The van der Waals surface area contributed by atoms with Gasteiger partial charge in [-0.2, -0.15) is 0 Å². The fourth-order valence-corrected chi connectivity index (χ4v) is 8.64. The zero-order valence-electron chi connectivity index (χ0n) is 36.5. The van der Waals surface area contributed by atoms with Crippen LogP contribution in [0.1, 0.15) is 46.7 Å². The summed E-state index contributed by atoms with van der Waals surface area (Å²) in [4.78, 5) is 0. The van der Waals surface area contributed by atoms with Crippen LogP contribution in [-0.2, 0) is 0 Å². The fraction of sp³-hybridized carbons (Fsp3) is 0.0833. The van der Waals surface area contributed by atoms with Gasteiger partial charge in [0.25, 0.3) is 0 Å². The van der Waals surface area contributed by atoms with E-state index in [1.165, 1.54) is 11.1 Å². The summed E-state index contributed by atoms with van der Waals surface area (Å²) in [6.45, 7) is 4.39. The Morgan fingerprint density at radius 3 is 2.00 bits per heavy atom. The van der Waals surface area contributed by atoms with Crippen molar-refractivity contribution in [3.05, 3.63) is 252 Å². The van der Waals surface area contributed by atoms with Gasteiger partial charge in [0.1, 0.15) is 0 Å². The van der Waals surface area contributed by atoms with Crippen molar-refractivity contribution in [1.29, 1.82) is 10.8 Å². The summed E-state index contributed by atoms with van der Waals surface area (Å²) < 4.78 is 6.58. The third kappa shape index (κ3) is 9.92. The van der Waals surface area contributed by atoms with E-state index in [1.807, 2.05) is 97.1 Å². The van der Waals surface area contributed by atoms with E-state index in [0.29, 0.717) is 17.8 Å². The third-order valence-corrected chi connectivity index (χ3v) is 12.1. The van der Waals surface area contributed by atoms with Crippen molar-refractivity contribution in [2.45, 2.75) is 25.8 Å². The molecule has 5 heteroatoms. The van der Waals surface area contributed by atoms with Crippen LogP contribution in [0.15, 0.2) is 229 Å². The molecule has 0 saturated carbocycles. The normalized spacial score (nSPS) is 13.8. The molecule has 0 saturated heterocycles. The standard InChI is InChI=1S/C45H34BNO.C15H16N2/c1-30-12-8-17-33(26-30)37-20-10-21-39-38-25-24-36(28-44(38)48-45(37)39)42-23-11-22-41(46-42)35-19-9-18-34(27-35)40(31-13-4-2-5-14-31)29-43(47)32-15-6-3-7-16-32;16-14(12-7-3-1-4-8-12)11-15(17)13-9-5-2-6-10-13/h2-13,15-29,31,47H,14H2,1H3;1-10,14,17H,11,16H2/b40-29-,47-43?;. The summed E-state index contributed by atoms with van der Waals surface area (Å²) in [7, 11) is 0. The molecule has 0 radical (unpaired) electrons. The van der Waals surface area contributed by atoms with E-state index in [9.17, 15) is 0 Å². The smallest absolute Gasteiger partial charge is 0.0405 e. The molecule has 0 bridgehead atoms. The first-order valence-corrected chi connectivity index (χ1v) is 22.2. The molecule has 7 aromatic carbocycles. The molecule has 0 fully saturated rings. The number of allylic oxidation sites excluding steroid dienone is 6. The van der Waals surface area contributed by atoms with Gasteiger partial charge in [-0.25, -0.2) is 0 Å². The van der Waals surface area contributed by atoms with E-state index < -0.39 is 0 Å². The number of nitrogens with one attached hydrogen (secondary N) is 2. The zero-order valence-corrected chi connectivity index (χ0v) is 36.5. The van der Waals surface area contributed by atoms with Gasteiger partial charge in [-0.3, -0.25) is 0 Å². The van der Waals surface area contributed by atoms with Crippen molar-refractivity contribution in [2.75, 3.05) is 0 Å². The predicted octanol–water partition coefficient (Wildman–Crippen LogP) is 15.0. The minimum absolute atomic E-state index is 0.107. The van der Waals surface area contributed by atoms with Gasteiger partial charge in [-0.15, -0.1) is 0 Å². The Balaban J connectivity index is 0.000000264. The summed E-state index contributed by atoms with van der Waals surface area (Å²) in [6, 6.07) is 66.3. The van der Waals surface area contributed by atoms with Gasteiger partial charge in [-0.05, 0) is 11.1 Å². The maximum atomic E-state index is 8.90. The summed E-state index contributed by atoms with van der Waals surface area (Å²) in [5.74, 6) is 0.211. The van der Waals surface area contributed by atoms with Gasteiger partial charge in [0.15, 0.2) is 0 Å². The Labute approximate surface area is 382 Å². The summed E-state index contributed by atoms with van der Waals surface area (Å²) in [5, 5.41) is 19.2. The van der Waals surface area contributed by atoms with Crippen molar-refractivity contribution in [1.82, 2.24) is 0 Å². The second kappa shape index (κ2) is 19.8. The van der Waals surface area contributed by atoms with Gasteiger partial charge in [-0.1, -0.05) is 60.7 Å². The molecule has 9 aromatic rings. The summed E-state index contributed by atoms with van der Waals surface area (Å²) in [6.07, 6.45) is 12.2. The van der Waals surface area contributed by atoms with Crippen molar-refractivity contribution >= 4 is 45.8 Å². The second-order valence-corrected chi connectivity index (χ2v) is 16.6. The predicted molar refractivity (Wildman–Crippen MR) is 275 cm³/mol. The average molecular weight is 840 g/mol. The van der Waals surface area contributed by atoms with Crippen molar-refractivity contribution in [3.63, 3.8) is 0 Å². The minimum Gasteiger partial charge on any atom is -0.324 e. The Kier molecular flexibility index (Phi) is 12.9. The van der Waals surface area contributed by atoms with Crippen LogP contribution >= 0.6 is 0 Å². The molecule has 314 valence electrons. The monoisotopic (exact) mass is 839 g/mol. The third-order valence-electron chi connectivity index (χ3n) is 12.1. The maximum absolute atomic E-state index is 8.90. The van der Waals surface area contributed by atoms with Crippen LogP contribution in [0.3, 0.4) is 0 Å². The van der Waals surface area contributed by atoms with Gasteiger partial charge in [0.05, 0.1) is 0 Å².